The van der Waals surface area contributed by atoms with Crippen LogP contribution >= 0.6 is 11.8 Å². The second kappa shape index (κ2) is 7.51. The number of nitrogens with one attached hydrogen (secondary N) is 2. The first kappa shape index (κ1) is 17.1. The van der Waals surface area contributed by atoms with Gasteiger partial charge in [0, 0.05) is 17.8 Å². The fraction of sp³-hybridized carbons (Fsp3) is 0.0500. The Morgan fingerprint density at radius 3 is 2.56 bits per heavy atom. The Morgan fingerprint density at radius 2 is 1.74 bits per heavy atom. The SMILES string of the molecule is O=C(CSc1c(=O)o[nH][n+]1-c1ccccc1)Nc1ccc2ccccc2c1. The lowest BCUT2D eigenvalue weighted by molar-refractivity contribution is -0.704. The molecule has 7 heteroatoms. The van der Waals surface area contributed by atoms with Crippen molar-refractivity contribution in [2.75, 3.05) is 11.1 Å². The lowest BCUT2D eigenvalue weighted by atomic mass is 10.1. The maximum absolute atomic E-state index is 12.3. The fourth-order valence-electron chi connectivity index (χ4n) is 2.73. The Hall–Kier alpha value is -3.32. The Morgan fingerprint density at radius 1 is 1.00 bits per heavy atom. The van der Waals surface area contributed by atoms with Crippen molar-refractivity contribution < 1.29 is 14.0 Å². The van der Waals surface area contributed by atoms with E-state index >= 15 is 0 Å². The number of aromatic nitrogens is 2. The molecule has 1 aromatic heterocycles. The molecule has 4 rings (SSSR count). The fourth-order valence-corrected chi connectivity index (χ4v) is 3.50. The molecule has 0 unspecified atom stereocenters. The van der Waals surface area contributed by atoms with Gasteiger partial charge in [0.1, 0.15) is 0 Å². The molecule has 0 aliphatic rings. The van der Waals surface area contributed by atoms with Crippen LogP contribution in [-0.2, 0) is 4.79 Å². The zero-order valence-electron chi connectivity index (χ0n) is 14.2. The van der Waals surface area contributed by atoms with Crippen LogP contribution < -0.4 is 15.6 Å². The minimum Gasteiger partial charge on any atom is -0.325 e. The molecule has 0 bridgehead atoms. The van der Waals surface area contributed by atoms with Gasteiger partial charge >= 0.3 is 10.7 Å². The van der Waals surface area contributed by atoms with E-state index in [0.717, 1.165) is 33.9 Å². The number of nitrogens with zero attached hydrogens (tertiary/aromatic N) is 1. The van der Waals surface area contributed by atoms with Crippen molar-refractivity contribution in [3.05, 3.63) is 83.2 Å². The lowest BCUT2D eigenvalue weighted by Crippen LogP contribution is -2.36. The van der Waals surface area contributed by atoms with Gasteiger partial charge in [0.15, 0.2) is 0 Å². The average Bonchev–Trinajstić information content (AvgIpc) is 3.07. The van der Waals surface area contributed by atoms with E-state index in [2.05, 4.69) is 10.6 Å². The third kappa shape index (κ3) is 3.78. The Balaban J connectivity index is 1.46. The number of benzene rings is 3. The highest BCUT2D eigenvalue weighted by Crippen LogP contribution is 2.19. The standard InChI is InChI=1S/C20H15N3O3S/c24-18(21-16-11-10-14-6-4-5-7-15(14)12-16)13-27-19-20(25)26-22-23(19)17-8-2-1-3-9-17/h1-12H,13H2,(H-,21,22,24,25)/p+1. The van der Waals surface area contributed by atoms with Gasteiger partial charge in [-0.2, -0.15) is 0 Å². The normalized spacial score (nSPS) is 10.8. The molecule has 27 heavy (non-hydrogen) atoms. The van der Waals surface area contributed by atoms with Gasteiger partial charge < -0.3 is 5.32 Å². The number of H-pyrrole nitrogens is 1. The van der Waals surface area contributed by atoms with E-state index in [1.165, 1.54) is 4.68 Å². The van der Waals surface area contributed by atoms with E-state index in [0.29, 0.717) is 5.03 Å². The van der Waals surface area contributed by atoms with Crippen molar-refractivity contribution in [1.82, 2.24) is 5.27 Å². The molecule has 0 radical (unpaired) electrons. The quantitative estimate of drug-likeness (QED) is 0.413. The van der Waals surface area contributed by atoms with Gasteiger partial charge in [-0.3, -0.25) is 9.32 Å². The second-order valence-electron chi connectivity index (χ2n) is 5.86. The number of carbonyl (C=O) groups excluding carboxylic acids is 1. The first-order valence-electron chi connectivity index (χ1n) is 8.31. The summed E-state index contributed by atoms with van der Waals surface area (Å²) in [5.41, 5.74) is 0.958. The van der Waals surface area contributed by atoms with Crippen molar-refractivity contribution in [3.8, 4) is 5.69 Å². The third-order valence-electron chi connectivity index (χ3n) is 3.99. The molecular weight excluding hydrogens is 362 g/mol. The maximum atomic E-state index is 12.3. The highest BCUT2D eigenvalue weighted by atomic mass is 32.2. The summed E-state index contributed by atoms with van der Waals surface area (Å²) in [6.07, 6.45) is 0. The van der Waals surface area contributed by atoms with E-state index in [1.54, 1.807) is 0 Å². The number of anilines is 1. The van der Waals surface area contributed by atoms with Gasteiger partial charge in [0.25, 0.3) is 0 Å². The number of hydrogen-bond donors (Lipinski definition) is 2. The summed E-state index contributed by atoms with van der Waals surface area (Å²) in [7, 11) is 0. The van der Waals surface area contributed by atoms with E-state index < -0.39 is 5.63 Å². The molecule has 0 aliphatic heterocycles. The maximum Gasteiger partial charge on any atom is 0.442 e. The number of aromatic amines is 1. The third-order valence-corrected chi connectivity index (χ3v) is 5.02. The molecule has 4 aromatic rings. The summed E-state index contributed by atoms with van der Waals surface area (Å²) in [4.78, 5) is 24.3. The summed E-state index contributed by atoms with van der Waals surface area (Å²) in [6, 6.07) is 23.0. The molecule has 1 heterocycles. The van der Waals surface area contributed by atoms with E-state index in [9.17, 15) is 9.59 Å². The first-order valence-corrected chi connectivity index (χ1v) is 9.30. The van der Waals surface area contributed by atoms with Crippen molar-refractivity contribution in [3.63, 3.8) is 0 Å². The Labute approximate surface area is 158 Å². The first-order chi connectivity index (χ1) is 13.2. The molecule has 0 saturated heterocycles. The smallest absolute Gasteiger partial charge is 0.325 e. The molecule has 1 amide bonds. The van der Waals surface area contributed by atoms with Crippen LogP contribution in [0, 0.1) is 0 Å². The number of hydrogen-bond acceptors (Lipinski definition) is 4. The van der Waals surface area contributed by atoms with Crippen LogP contribution in [0.2, 0.25) is 0 Å². The summed E-state index contributed by atoms with van der Waals surface area (Å²) in [5.74, 6) is -0.113. The Kier molecular flexibility index (Phi) is 4.76. The summed E-state index contributed by atoms with van der Waals surface area (Å²) < 4.78 is 6.40. The minimum absolute atomic E-state index is 0.0856. The number of fused-ring (bicyclic) bond motifs is 1. The van der Waals surface area contributed by atoms with Crippen molar-refractivity contribution >= 4 is 34.1 Å². The number of amides is 1. The molecule has 0 spiro atoms. The van der Waals surface area contributed by atoms with Crippen molar-refractivity contribution in [2.24, 2.45) is 0 Å². The van der Waals surface area contributed by atoms with Crippen LogP contribution in [0.3, 0.4) is 0 Å². The number of carbonyl (C=O) groups is 1. The van der Waals surface area contributed by atoms with Gasteiger partial charge in [0.2, 0.25) is 11.6 Å². The summed E-state index contributed by atoms with van der Waals surface area (Å²) in [6.45, 7) is 0. The number of rotatable bonds is 5. The van der Waals surface area contributed by atoms with Crippen LogP contribution in [0.4, 0.5) is 5.69 Å². The zero-order chi connectivity index (χ0) is 18.6. The van der Waals surface area contributed by atoms with Crippen molar-refractivity contribution in [1.29, 1.82) is 0 Å². The van der Waals surface area contributed by atoms with Crippen LogP contribution in [0.5, 0.6) is 0 Å². The van der Waals surface area contributed by atoms with Crippen molar-refractivity contribution in [2.45, 2.75) is 5.03 Å². The number of thioether (sulfide) groups is 1. The predicted octanol–water partition coefficient (Wildman–Crippen LogP) is 3.13. The molecule has 6 nitrogen and oxygen atoms in total. The van der Waals surface area contributed by atoms with Gasteiger partial charge in [-0.05, 0) is 44.6 Å². The van der Waals surface area contributed by atoms with Crippen LogP contribution in [0.1, 0.15) is 0 Å². The monoisotopic (exact) mass is 378 g/mol. The molecule has 3 aromatic carbocycles. The molecule has 0 saturated carbocycles. The van der Waals surface area contributed by atoms with Gasteiger partial charge in [0.05, 0.1) is 5.75 Å². The topological polar surface area (TPSA) is 79.0 Å². The van der Waals surface area contributed by atoms with Crippen LogP contribution in [-0.4, -0.2) is 16.9 Å². The average molecular weight is 378 g/mol. The second-order valence-corrected chi connectivity index (χ2v) is 6.82. The Bertz CT molecular complexity index is 1150. The van der Waals surface area contributed by atoms with Gasteiger partial charge in [-0.1, -0.05) is 48.5 Å². The molecule has 0 atom stereocenters. The van der Waals surface area contributed by atoms with Gasteiger partial charge in [-0.25, -0.2) is 4.79 Å². The molecule has 0 fully saturated rings. The van der Waals surface area contributed by atoms with Crippen LogP contribution in [0.15, 0.2) is 87.1 Å². The molecule has 2 N–H and O–H groups in total. The van der Waals surface area contributed by atoms with E-state index in [4.69, 9.17) is 4.52 Å². The predicted molar refractivity (Wildman–Crippen MR) is 104 cm³/mol. The minimum atomic E-state index is -0.512. The molecular formula is C20H16N3O3S+. The lowest BCUT2D eigenvalue weighted by Gasteiger charge is -2.05. The zero-order valence-corrected chi connectivity index (χ0v) is 15.0. The molecule has 134 valence electrons. The highest BCUT2D eigenvalue weighted by molar-refractivity contribution is 7.99. The van der Waals surface area contributed by atoms with Crippen LogP contribution in [0.25, 0.3) is 16.5 Å². The summed E-state index contributed by atoms with van der Waals surface area (Å²) >= 11 is 1.12. The summed E-state index contributed by atoms with van der Waals surface area (Å²) in [5, 5.41) is 7.90. The highest BCUT2D eigenvalue weighted by Gasteiger charge is 2.24. The van der Waals surface area contributed by atoms with E-state index in [-0.39, 0.29) is 11.7 Å². The van der Waals surface area contributed by atoms with E-state index in [1.807, 2.05) is 72.8 Å². The number of para-hydroxylation sites is 1. The van der Waals surface area contributed by atoms with Gasteiger partial charge in [-0.15, -0.1) is 0 Å². The largest absolute Gasteiger partial charge is 0.442 e. The molecule has 0 aliphatic carbocycles.